The first-order chi connectivity index (χ1) is 9.69. The molecule has 1 unspecified atom stereocenters. The van der Waals surface area contributed by atoms with Crippen LogP contribution in [0.1, 0.15) is 38.7 Å². The van der Waals surface area contributed by atoms with Gasteiger partial charge in [-0.3, -0.25) is 4.68 Å². The molecule has 4 heteroatoms. The second-order valence-corrected chi connectivity index (χ2v) is 6.20. The zero-order chi connectivity index (χ0) is 14.4. The summed E-state index contributed by atoms with van der Waals surface area (Å²) in [4.78, 5) is 2.61. The molecule has 1 aromatic rings. The van der Waals surface area contributed by atoms with Gasteiger partial charge in [0, 0.05) is 18.8 Å². The summed E-state index contributed by atoms with van der Waals surface area (Å²) >= 11 is 0. The van der Waals surface area contributed by atoms with Crippen molar-refractivity contribution >= 4 is 0 Å². The Balaban J connectivity index is 1.64. The normalized spacial score (nSPS) is 19.4. The van der Waals surface area contributed by atoms with Crippen molar-refractivity contribution in [3.8, 4) is 0 Å². The van der Waals surface area contributed by atoms with Crippen LogP contribution in [0.2, 0.25) is 0 Å². The standard InChI is InChI=1S/C16H30N4/c1-4-8-19-9-5-16(6-10-19)15(3)17-7-11-20-13-14(2)12-18-20/h12-13,15-17H,4-11H2,1-3H3. The summed E-state index contributed by atoms with van der Waals surface area (Å²) in [6.45, 7) is 12.5. The lowest BCUT2D eigenvalue weighted by atomic mass is 9.90. The van der Waals surface area contributed by atoms with Gasteiger partial charge in [0.2, 0.25) is 0 Å². The van der Waals surface area contributed by atoms with Gasteiger partial charge in [0.1, 0.15) is 0 Å². The first-order valence-corrected chi connectivity index (χ1v) is 8.14. The molecule has 1 aromatic heterocycles. The molecule has 0 radical (unpaired) electrons. The number of piperidine rings is 1. The maximum atomic E-state index is 4.33. The molecule has 4 nitrogen and oxygen atoms in total. The molecule has 0 saturated carbocycles. The van der Waals surface area contributed by atoms with Crippen molar-refractivity contribution in [3.63, 3.8) is 0 Å². The van der Waals surface area contributed by atoms with Gasteiger partial charge in [0.05, 0.1) is 12.7 Å². The van der Waals surface area contributed by atoms with Crippen LogP contribution in [0.25, 0.3) is 0 Å². The van der Waals surface area contributed by atoms with Gasteiger partial charge < -0.3 is 10.2 Å². The van der Waals surface area contributed by atoms with Crippen molar-refractivity contribution in [1.29, 1.82) is 0 Å². The minimum absolute atomic E-state index is 0.621. The van der Waals surface area contributed by atoms with Gasteiger partial charge >= 0.3 is 0 Å². The lowest BCUT2D eigenvalue weighted by Gasteiger charge is -2.35. The number of rotatable bonds is 7. The summed E-state index contributed by atoms with van der Waals surface area (Å²) in [5, 5.41) is 8.00. The maximum absolute atomic E-state index is 4.33. The Bertz CT molecular complexity index is 380. The number of aromatic nitrogens is 2. The summed E-state index contributed by atoms with van der Waals surface area (Å²) in [7, 11) is 0. The average molecular weight is 278 g/mol. The van der Waals surface area contributed by atoms with E-state index >= 15 is 0 Å². The molecule has 1 aliphatic heterocycles. The molecule has 20 heavy (non-hydrogen) atoms. The van der Waals surface area contributed by atoms with E-state index in [1.807, 2.05) is 10.9 Å². The van der Waals surface area contributed by atoms with Gasteiger partial charge in [-0.2, -0.15) is 5.10 Å². The number of nitrogens with zero attached hydrogens (tertiary/aromatic N) is 3. The fourth-order valence-electron chi connectivity index (χ4n) is 3.16. The van der Waals surface area contributed by atoms with Crippen LogP contribution in [0.5, 0.6) is 0 Å². The van der Waals surface area contributed by atoms with Gasteiger partial charge in [-0.15, -0.1) is 0 Å². The summed E-state index contributed by atoms with van der Waals surface area (Å²) in [5.41, 5.74) is 1.24. The zero-order valence-corrected chi connectivity index (χ0v) is 13.3. The Morgan fingerprint density at radius 1 is 1.35 bits per heavy atom. The molecule has 1 atom stereocenters. The number of nitrogens with one attached hydrogen (secondary N) is 1. The van der Waals surface area contributed by atoms with Crippen LogP contribution in [0.15, 0.2) is 12.4 Å². The van der Waals surface area contributed by atoms with Crippen molar-refractivity contribution in [1.82, 2.24) is 20.0 Å². The molecular weight excluding hydrogens is 248 g/mol. The monoisotopic (exact) mass is 278 g/mol. The summed E-state index contributed by atoms with van der Waals surface area (Å²) in [6, 6.07) is 0.621. The fourth-order valence-corrected chi connectivity index (χ4v) is 3.16. The molecule has 0 spiro atoms. The van der Waals surface area contributed by atoms with Crippen LogP contribution in [-0.4, -0.2) is 46.9 Å². The minimum atomic E-state index is 0.621. The molecule has 1 N–H and O–H groups in total. The van der Waals surface area contributed by atoms with Gasteiger partial charge in [-0.25, -0.2) is 0 Å². The van der Waals surface area contributed by atoms with E-state index in [0.717, 1.165) is 19.0 Å². The molecule has 2 heterocycles. The minimum Gasteiger partial charge on any atom is -0.312 e. The Morgan fingerprint density at radius 2 is 2.10 bits per heavy atom. The Kier molecular flexibility index (Phi) is 6.05. The van der Waals surface area contributed by atoms with E-state index in [0.29, 0.717) is 6.04 Å². The SMILES string of the molecule is CCCN1CCC(C(C)NCCn2cc(C)cn2)CC1. The van der Waals surface area contributed by atoms with Crippen LogP contribution in [0, 0.1) is 12.8 Å². The molecule has 0 aromatic carbocycles. The summed E-state index contributed by atoms with van der Waals surface area (Å²) < 4.78 is 2.03. The second-order valence-electron chi connectivity index (χ2n) is 6.20. The number of hydrogen-bond donors (Lipinski definition) is 1. The van der Waals surface area contributed by atoms with E-state index in [-0.39, 0.29) is 0 Å². The van der Waals surface area contributed by atoms with Crippen LogP contribution >= 0.6 is 0 Å². The molecule has 2 rings (SSSR count). The summed E-state index contributed by atoms with van der Waals surface area (Å²) in [5.74, 6) is 0.836. The van der Waals surface area contributed by atoms with Gasteiger partial charge in [0.25, 0.3) is 0 Å². The van der Waals surface area contributed by atoms with Crippen molar-refractivity contribution < 1.29 is 0 Å². The third kappa shape index (κ3) is 4.60. The van der Waals surface area contributed by atoms with E-state index in [1.165, 1.54) is 44.5 Å². The quantitative estimate of drug-likeness (QED) is 0.831. The van der Waals surface area contributed by atoms with Gasteiger partial charge in [0.15, 0.2) is 0 Å². The third-order valence-electron chi connectivity index (χ3n) is 4.45. The van der Waals surface area contributed by atoms with Crippen molar-refractivity contribution in [2.24, 2.45) is 5.92 Å². The highest BCUT2D eigenvalue weighted by Crippen LogP contribution is 2.20. The molecule has 1 saturated heterocycles. The number of hydrogen-bond acceptors (Lipinski definition) is 3. The predicted molar refractivity (Wildman–Crippen MR) is 83.9 cm³/mol. The predicted octanol–water partition coefficient (Wildman–Crippen LogP) is 2.29. The zero-order valence-electron chi connectivity index (χ0n) is 13.3. The first-order valence-electron chi connectivity index (χ1n) is 8.14. The lowest BCUT2D eigenvalue weighted by molar-refractivity contribution is 0.162. The van der Waals surface area contributed by atoms with Crippen LogP contribution in [-0.2, 0) is 6.54 Å². The molecule has 0 aliphatic carbocycles. The largest absolute Gasteiger partial charge is 0.312 e. The smallest absolute Gasteiger partial charge is 0.0534 e. The Hall–Kier alpha value is -0.870. The Labute approximate surface area is 123 Å². The fraction of sp³-hybridized carbons (Fsp3) is 0.812. The van der Waals surface area contributed by atoms with Gasteiger partial charge in [-0.1, -0.05) is 6.92 Å². The summed E-state index contributed by atoms with van der Waals surface area (Å²) in [6.07, 6.45) is 7.99. The molecular formula is C16H30N4. The van der Waals surface area contributed by atoms with Crippen LogP contribution in [0.3, 0.4) is 0 Å². The molecule has 1 aliphatic rings. The van der Waals surface area contributed by atoms with E-state index in [2.05, 4.69) is 42.3 Å². The number of aryl methyl sites for hydroxylation is 1. The second kappa shape index (κ2) is 7.79. The highest BCUT2D eigenvalue weighted by Gasteiger charge is 2.22. The number of likely N-dealkylation sites (tertiary alicyclic amines) is 1. The van der Waals surface area contributed by atoms with E-state index in [9.17, 15) is 0 Å². The Morgan fingerprint density at radius 3 is 2.70 bits per heavy atom. The molecule has 0 amide bonds. The van der Waals surface area contributed by atoms with E-state index in [4.69, 9.17) is 0 Å². The highest BCUT2D eigenvalue weighted by molar-refractivity contribution is 4.99. The van der Waals surface area contributed by atoms with Crippen molar-refractivity contribution in [2.75, 3.05) is 26.2 Å². The van der Waals surface area contributed by atoms with E-state index < -0.39 is 0 Å². The lowest BCUT2D eigenvalue weighted by Crippen LogP contribution is -2.42. The van der Waals surface area contributed by atoms with E-state index in [1.54, 1.807) is 0 Å². The topological polar surface area (TPSA) is 33.1 Å². The molecule has 114 valence electrons. The third-order valence-corrected chi connectivity index (χ3v) is 4.45. The van der Waals surface area contributed by atoms with Gasteiger partial charge in [-0.05, 0) is 64.2 Å². The molecule has 0 bridgehead atoms. The van der Waals surface area contributed by atoms with Crippen molar-refractivity contribution in [3.05, 3.63) is 18.0 Å². The maximum Gasteiger partial charge on any atom is 0.0534 e. The van der Waals surface area contributed by atoms with Crippen LogP contribution in [0.4, 0.5) is 0 Å². The van der Waals surface area contributed by atoms with Crippen LogP contribution < -0.4 is 5.32 Å². The highest BCUT2D eigenvalue weighted by atomic mass is 15.3. The van der Waals surface area contributed by atoms with Crippen molar-refractivity contribution in [2.45, 2.75) is 52.6 Å². The average Bonchev–Trinajstić information content (AvgIpc) is 2.85. The molecule has 1 fully saturated rings. The first kappa shape index (κ1) is 15.5.